The van der Waals surface area contributed by atoms with Gasteiger partial charge in [-0.1, -0.05) is 19.8 Å². The van der Waals surface area contributed by atoms with E-state index in [0.717, 1.165) is 24.2 Å². The van der Waals surface area contributed by atoms with E-state index < -0.39 is 46.5 Å². The van der Waals surface area contributed by atoms with E-state index in [-0.39, 0.29) is 43.7 Å². The summed E-state index contributed by atoms with van der Waals surface area (Å²) < 4.78 is 73.5. The number of likely N-dealkylation sites (tertiary alicyclic amines) is 2. The number of piperidine rings is 2. The number of amides is 2. The first-order chi connectivity index (χ1) is 16.7. The Labute approximate surface area is 200 Å². The Morgan fingerprint density at radius 2 is 1.23 bits per heavy atom. The number of carbonyl (C=O) groups excluding carboxylic acids is 3. The van der Waals surface area contributed by atoms with Gasteiger partial charge in [-0.05, 0) is 32.1 Å². The Balaban J connectivity index is 1.51. The number of ether oxygens (including phenoxy) is 1. The van der Waals surface area contributed by atoms with Gasteiger partial charge in [0.1, 0.15) is 5.56 Å². The van der Waals surface area contributed by atoms with Crippen LogP contribution in [-0.4, -0.2) is 60.4 Å². The highest BCUT2D eigenvalue weighted by atomic mass is 19.2. The molecule has 2 aliphatic rings. The molecule has 3 rings (SSSR count). The number of rotatable bonds is 7. The number of hydrogen-bond donors (Lipinski definition) is 0. The lowest BCUT2D eigenvalue weighted by Crippen LogP contribution is -2.47. The fourth-order valence-corrected chi connectivity index (χ4v) is 4.52. The van der Waals surface area contributed by atoms with E-state index >= 15 is 0 Å². The number of esters is 1. The normalized spacial score (nSPS) is 17.5. The standard InChI is InChI=1S/C24H29F5N2O4/c1-2-3-4-13-35-24(34)15-7-11-30(12-8-15)22(32)14-5-9-31(10-6-14)23(33)16-17(25)19(27)21(29)20(28)18(16)26/h14-15H,2-13H2,1H3. The monoisotopic (exact) mass is 504 g/mol. The van der Waals surface area contributed by atoms with Gasteiger partial charge in [0.2, 0.25) is 11.7 Å². The van der Waals surface area contributed by atoms with Crippen LogP contribution in [0.25, 0.3) is 0 Å². The van der Waals surface area contributed by atoms with Gasteiger partial charge < -0.3 is 14.5 Å². The van der Waals surface area contributed by atoms with Crippen LogP contribution in [0.5, 0.6) is 0 Å². The molecule has 0 bridgehead atoms. The van der Waals surface area contributed by atoms with E-state index in [0.29, 0.717) is 32.5 Å². The molecular formula is C24H29F5N2O4. The van der Waals surface area contributed by atoms with Crippen molar-refractivity contribution in [3.05, 3.63) is 34.6 Å². The molecule has 194 valence electrons. The van der Waals surface area contributed by atoms with Crippen molar-refractivity contribution in [2.75, 3.05) is 32.8 Å². The molecule has 0 N–H and O–H groups in total. The Morgan fingerprint density at radius 3 is 1.77 bits per heavy atom. The largest absolute Gasteiger partial charge is 0.465 e. The van der Waals surface area contributed by atoms with Crippen molar-refractivity contribution >= 4 is 17.8 Å². The predicted molar refractivity (Wildman–Crippen MR) is 115 cm³/mol. The van der Waals surface area contributed by atoms with E-state index in [2.05, 4.69) is 6.92 Å². The quantitative estimate of drug-likeness (QED) is 0.184. The Kier molecular flexibility index (Phi) is 9.07. The summed E-state index contributed by atoms with van der Waals surface area (Å²) >= 11 is 0. The summed E-state index contributed by atoms with van der Waals surface area (Å²) in [6.45, 7) is 3.14. The molecule has 0 radical (unpaired) electrons. The third-order valence-corrected chi connectivity index (χ3v) is 6.69. The van der Waals surface area contributed by atoms with Crippen molar-refractivity contribution in [1.29, 1.82) is 0 Å². The van der Waals surface area contributed by atoms with E-state index in [9.17, 15) is 36.3 Å². The summed E-state index contributed by atoms with van der Waals surface area (Å²) in [6.07, 6.45) is 4.23. The van der Waals surface area contributed by atoms with Crippen molar-refractivity contribution in [2.24, 2.45) is 11.8 Å². The highest BCUT2D eigenvalue weighted by Crippen LogP contribution is 2.28. The third-order valence-electron chi connectivity index (χ3n) is 6.69. The average molecular weight is 504 g/mol. The molecule has 0 spiro atoms. The van der Waals surface area contributed by atoms with Gasteiger partial charge in [-0.25, -0.2) is 22.0 Å². The van der Waals surface area contributed by atoms with Crippen LogP contribution in [0.1, 0.15) is 62.2 Å². The lowest BCUT2D eigenvalue weighted by atomic mass is 9.92. The smallest absolute Gasteiger partial charge is 0.309 e. The van der Waals surface area contributed by atoms with Gasteiger partial charge in [0.05, 0.1) is 12.5 Å². The van der Waals surface area contributed by atoms with Crippen LogP contribution in [0, 0.1) is 40.9 Å². The molecule has 2 heterocycles. The van der Waals surface area contributed by atoms with Crippen LogP contribution < -0.4 is 0 Å². The molecule has 1 aromatic rings. The van der Waals surface area contributed by atoms with Gasteiger partial charge >= 0.3 is 5.97 Å². The summed E-state index contributed by atoms with van der Waals surface area (Å²) in [5.74, 6) is -13.4. The summed E-state index contributed by atoms with van der Waals surface area (Å²) in [6, 6.07) is 0. The van der Waals surface area contributed by atoms with Crippen molar-refractivity contribution in [3.8, 4) is 0 Å². The van der Waals surface area contributed by atoms with E-state index in [1.165, 1.54) is 0 Å². The minimum absolute atomic E-state index is 0.0602. The van der Waals surface area contributed by atoms with Crippen LogP contribution in [0.15, 0.2) is 0 Å². The fraction of sp³-hybridized carbons (Fsp3) is 0.625. The molecule has 0 atom stereocenters. The number of halogens is 5. The van der Waals surface area contributed by atoms with Crippen molar-refractivity contribution < 1.29 is 41.1 Å². The summed E-state index contributed by atoms with van der Waals surface area (Å²) in [5, 5.41) is 0. The number of hydrogen-bond acceptors (Lipinski definition) is 4. The third kappa shape index (κ3) is 5.92. The molecule has 2 aliphatic heterocycles. The van der Waals surface area contributed by atoms with Gasteiger partial charge in [0, 0.05) is 32.1 Å². The van der Waals surface area contributed by atoms with Gasteiger partial charge in [-0.2, -0.15) is 0 Å². The number of carbonyl (C=O) groups is 3. The summed E-state index contributed by atoms with van der Waals surface area (Å²) in [5.41, 5.74) is -1.49. The molecule has 0 aromatic heterocycles. The maximum atomic E-state index is 14.0. The molecule has 0 unspecified atom stereocenters. The SMILES string of the molecule is CCCCCOC(=O)C1CCN(C(=O)C2CCN(C(=O)c3c(F)c(F)c(F)c(F)c3F)CC2)CC1. The molecule has 0 saturated carbocycles. The zero-order valence-electron chi connectivity index (χ0n) is 19.6. The molecule has 2 fully saturated rings. The number of benzene rings is 1. The van der Waals surface area contributed by atoms with E-state index in [1.54, 1.807) is 4.90 Å². The maximum Gasteiger partial charge on any atom is 0.309 e. The summed E-state index contributed by atoms with van der Waals surface area (Å²) in [7, 11) is 0. The molecule has 11 heteroatoms. The second kappa shape index (κ2) is 11.8. The first-order valence-electron chi connectivity index (χ1n) is 11.9. The average Bonchev–Trinajstić information content (AvgIpc) is 2.88. The Morgan fingerprint density at radius 1 is 0.743 bits per heavy atom. The predicted octanol–water partition coefficient (Wildman–Crippen LogP) is 4.21. The molecule has 2 amide bonds. The maximum absolute atomic E-state index is 14.0. The van der Waals surface area contributed by atoms with Gasteiger partial charge in [-0.3, -0.25) is 14.4 Å². The molecule has 6 nitrogen and oxygen atoms in total. The van der Waals surface area contributed by atoms with Crippen LogP contribution in [0.2, 0.25) is 0 Å². The highest BCUT2D eigenvalue weighted by molar-refractivity contribution is 5.95. The molecule has 35 heavy (non-hydrogen) atoms. The lowest BCUT2D eigenvalue weighted by Gasteiger charge is -2.37. The minimum atomic E-state index is -2.32. The molecule has 2 saturated heterocycles. The molecule has 1 aromatic carbocycles. The van der Waals surface area contributed by atoms with Crippen LogP contribution in [0.3, 0.4) is 0 Å². The van der Waals surface area contributed by atoms with Gasteiger partial charge in [0.15, 0.2) is 23.3 Å². The lowest BCUT2D eigenvalue weighted by molar-refractivity contribution is -0.152. The fourth-order valence-electron chi connectivity index (χ4n) is 4.52. The minimum Gasteiger partial charge on any atom is -0.465 e. The second-order valence-corrected chi connectivity index (χ2v) is 8.99. The highest BCUT2D eigenvalue weighted by Gasteiger charge is 2.36. The summed E-state index contributed by atoms with van der Waals surface area (Å²) in [4.78, 5) is 40.2. The van der Waals surface area contributed by atoms with Crippen molar-refractivity contribution in [1.82, 2.24) is 9.80 Å². The first-order valence-corrected chi connectivity index (χ1v) is 11.9. The van der Waals surface area contributed by atoms with Crippen LogP contribution >= 0.6 is 0 Å². The van der Waals surface area contributed by atoms with Gasteiger partial charge in [0.25, 0.3) is 5.91 Å². The Bertz CT molecular complexity index is 929. The zero-order valence-corrected chi connectivity index (χ0v) is 19.6. The second-order valence-electron chi connectivity index (χ2n) is 8.99. The van der Waals surface area contributed by atoms with Crippen LogP contribution in [0.4, 0.5) is 22.0 Å². The van der Waals surface area contributed by atoms with Gasteiger partial charge in [-0.15, -0.1) is 0 Å². The molecule has 0 aliphatic carbocycles. The molecular weight excluding hydrogens is 475 g/mol. The zero-order chi connectivity index (χ0) is 25.7. The van der Waals surface area contributed by atoms with E-state index in [1.807, 2.05) is 0 Å². The topological polar surface area (TPSA) is 66.9 Å². The van der Waals surface area contributed by atoms with Crippen LogP contribution in [-0.2, 0) is 14.3 Å². The number of nitrogens with zero attached hydrogens (tertiary/aromatic N) is 2. The first kappa shape index (κ1) is 26.9. The number of unbranched alkanes of at least 4 members (excludes halogenated alkanes) is 2. The van der Waals surface area contributed by atoms with Crippen molar-refractivity contribution in [2.45, 2.75) is 51.9 Å². The Hall–Kier alpha value is -2.72. The van der Waals surface area contributed by atoms with Crippen molar-refractivity contribution in [3.63, 3.8) is 0 Å². The van der Waals surface area contributed by atoms with E-state index in [4.69, 9.17) is 4.74 Å².